The van der Waals surface area contributed by atoms with E-state index in [1.807, 2.05) is 23.9 Å². The second kappa shape index (κ2) is 5.66. The van der Waals surface area contributed by atoms with Crippen molar-refractivity contribution in [3.63, 3.8) is 0 Å². The molecular weight excluding hydrogens is 258 g/mol. The molecule has 0 heterocycles. The van der Waals surface area contributed by atoms with E-state index in [-0.39, 0.29) is 0 Å². The van der Waals surface area contributed by atoms with Gasteiger partial charge in [-0.15, -0.1) is 11.8 Å². The summed E-state index contributed by atoms with van der Waals surface area (Å²) in [6.07, 6.45) is 1.23. The van der Waals surface area contributed by atoms with Gasteiger partial charge in [0.25, 0.3) is 0 Å². The molecule has 78 valence electrons. The highest BCUT2D eigenvalue weighted by Gasteiger charge is 2.03. The molecule has 1 nitrogen and oxygen atoms in total. The Kier molecular flexibility index (Phi) is 4.82. The Morgan fingerprint density at radius 2 is 2.21 bits per heavy atom. The van der Waals surface area contributed by atoms with E-state index in [9.17, 15) is 0 Å². The van der Waals surface area contributed by atoms with Crippen LogP contribution in [0.5, 0.6) is 0 Å². The average molecular weight is 274 g/mol. The Morgan fingerprint density at radius 3 is 2.79 bits per heavy atom. The highest BCUT2D eigenvalue weighted by molar-refractivity contribution is 9.10. The molecule has 1 aromatic rings. The molecule has 0 aliphatic carbocycles. The molecule has 1 rings (SSSR count). The third kappa shape index (κ3) is 3.54. The van der Waals surface area contributed by atoms with Crippen LogP contribution in [-0.2, 0) is 0 Å². The highest BCUT2D eigenvalue weighted by Crippen LogP contribution is 2.29. The first-order chi connectivity index (χ1) is 6.63. The average Bonchev–Trinajstić information content (AvgIpc) is 2.16. The zero-order valence-corrected chi connectivity index (χ0v) is 11.0. The minimum absolute atomic E-state index is 0.753. The van der Waals surface area contributed by atoms with Crippen molar-refractivity contribution in [2.45, 2.75) is 25.2 Å². The number of nitrogen functional groups attached to an aromatic ring is 1. The maximum atomic E-state index is 5.90. The summed E-state index contributed by atoms with van der Waals surface area (Å²) < 4.78 is 1.04. The Balaban J connectivity index is 2.59. The Hall–Kier alpha value is -0.150. The van der Waals surface area contributed by atoms with Gasteiger partial charge < -0.3 is 5.73 Å². The summed E-state index contributed by atoms with van der Waals surface area (Å²) >= 11 is 5.24. The van der Waals surface area contributed by atoms with Gasteiger partial charge >= 0.3 is 0 Å². The van der Waals surface area contributed by atoms with E-state index < -0.39 is 0 Å². The number of hydrogen-bond donors (Lipinski definition) is 1. The first-order valence-electron chi connectivity index (χ1n) is 4.81. The fourth-order valence-electron chi connectivity index (χ4n) is 1.00. The van der Waals surface area contributed by atoms with E-state index in [1.165, 1.54) is 11.3 Å². The summed E-state index contributed by atoms with van der Waals surface area (Å²) in [4.78, 5) is 1.19. The van der Waals surface area contributed by atoms with Crippen molar-refractivity contribution in [1.29, 1.82) is 0 Å². The standard InChI is InChI=1S/C11H16BrNS/c1-3-8(2)7-14-11-5-4-9(12)6-10(11)13/h4-6,8H,3,7,13H2,1-2H3. The number of rotatable bonds is 4. The van der Waals surface area contributed by atoms with Crippen molar-refractivity contribution in [3.05, 3.63) is 22.7 Å². The summed E-state index contributed by atoms with van der Waals surface area (Å²) in [5, 5.41) is 0. The predicted octanol–water partition coefficient (Wildman–Crippen LogP) is 4.17. The van der Waals surface area contributed by atoms with Crippen LogP contribution in [0.1, 0.15) is 20.3 Å². The minimum atomic E-state index is 0.753. The lowest BCUT2D eigenvalue weighted by Gasteiger charge is -2.09. The van der Waals surface area contributed by atoms with Gasteiger partial charge in [-0.05, 0) is 24.1 Å². The number of thioether (sulfide) groups is 1. The lowest BCUT2D eigenvalue weighted by atomic mass is 10.2. The SMILES string of the molecule is CCC(C)CSc1ccc(Br)cc1N. The van der Waals surface area contributed by atoms with Crippen molar-refractivity contribution in [1.82, 2.24) is 0 Å². The molecule has 0 saturated heterocycles. The molecule has 14 heavy (non-hydrogen) atoms. The zero-order valence-electron chi connectivity index (χ0n) is 8.59. The zero-order chi connectivity index (χ0) is 10.6. The smallest absolute Gasteiger partial charge is 0.0463 e. The molecule has 1 aromatic carbocycles. The molecule has 2 N–H and O–H groups in total. The maximum absolute atomic E-state index is 5.90. The van der Waals surface area contributed by atoms with Gasteiger partial charge in [0, 0.05) is 20.8 Å². The first-order valence-corrected chi connectivity index (χ1v) is 6.59. The van der Waals surface area contributed by atoms with Gasteiger partial charge in [-0.1, -0.05) is 36.2 Å². The van der Waals surface area contributed by atoms with Crippen LogP contribution in [0.25, 0.3) is 0 Å². The van der Waals surface area contributed by atoms with Gasteiger partial charge in [-0.2, -0.15) is 0 Å². The summed E-state index contributed by atoms with van der Waals surface area (Å²) in [7, 11) is 0. The van der Waals surface area contributed by atoms with Crippen LogP contribution in [0.15, 0.2) is 27.6 Å². The van der Waals surface area contributed by atoms with Gasteiger partial charge in [-0.3, -0.25) is 0 Å². The lowest BCUT2D eigenvalue weighted by Crippen LogP contribution is -1.96. The molecule has 1 unspecified atom stereocenters. The van der Waals surface area contributed by atoms with E-state index >= 15 is 0 Å². The number of hydrogen-bond acceptors (Lipinski definition) is 2. The number of halogens is 1. The van der Waals surface area contributed by atoms with Crippen LogP contribution in [0.3, 0.4) is 0 Å². The third-order valence-corrected chi connectivity index (χ3v) is 4.10. The topological polar surface area (TPSA) is 26.0 Å². The molecule has 0 fully saturated rings. The van der Waals surface area contributed by atoms with E-state index in [0.717, 1.165) is 21.8 Å². The summed E-state index contributed by atoms with van der Waals surface area (Å²) in [5.41, 5.74) is 6.77. The third-order valence-electron chi connectivity index (χ3n) is 2.19. The molecule has 1 atom stereocenters. The normalized spacial score (nSPS) is 12.8. The quantitative estimate of drug-likeness (QED) is 0.658. The molecule has 0 aromatic heterocycles. The van der Waals surface area contributed by atoms with E-state index in [1.54, 1.807) is 0 Å². The van der Waals surface area contributed by atoms with Crippen molar-refractivity contribution < 1.29 is 0 Å². The van der Waals surface area contributed by atoms with Crippen LogP contribution in [-0.4, -0.2) is 5.75 Å². The maximum Gasteiger partial charge on any atom is 0.0463 e. The van der Waals surface area contributed by atoms with Gasteiger partial charge in [0.15, 0.2) is 0 Å². The molecule has 3 heteroatoms. The van der Waals surface area contributed by atoms with Crippen LogP contribution in [0.2, 0.25) is 0 Å². The van der Waals surface area contributed by atoms with Crippen LogP contribution < -0.4 is 5.73 Å². The van der Waals surface area contributed by atoms with Gasteiger partial charge in [0.05, 0.1) is 0 Å². The van der Waals surface area contributed by atoms with E-state index in [0.29, 0.717) is 0 Å². The van der Waals surface area contributed by atoms with E-state index in [4.69, 9.17) is 5.73 Å². The van der Waals surface area contributed by atoms with Crippen molar-refractivity contribution in [2.24, 2.45) is 5.92 Å². The van der Waals surface area contributed by atoms with Crippen molar-refractivity contribution in [2.75, 3.05) is 11.5 Å². The second-order valence-corrected chi connectivity index (χ2v) is 5.48. The largest absolute Gasteiger partial charge is 0.398 e. The van der Waals surface area contributed by atoms with Crippen LogP contribution in [0.4, 0.5) is 5.69 Å². The monoisotopic (exact) mass is 273 g/mol. The lowest BCUT2D eigenvalue weighted by molar-refractivity contribution is 0.637. The van der Waals surface area contributed by atoms with Crippen molar-refractivity contribution >= 4 is 33.4 Å². The molecule has 0 bridgehead atoms. The molecule has 0 aliphatic rings. The summed E-state index contributed by atoms with van der Waals surface area (Å²) in [6, 6.07) is 6.07. The number of benzene rings is 1. The molecular formula is C11H16BrNS. The first kappa shape index (κ1) is 11.9. The fraction of sp³-hybridized carbons (Fsp3) is 0.455. The Labute approximate surface area is 98.6 Å². The van der Waals surface area contributed by atoms with Gasteiger partial charge in [0.2, 0.25) is 0 Å². The molecule has 0 saturated carbocycles. The van der Waals surface area contributed by atoms with Gasteiger partial charge in [-0.25, -0.2) is 0 Å². The Bertz CT molecular complexity index is 301. The van der Waals surface area contributed by atoms with Crippen molar-refractivity contribution in [3.8, 4) is 0 Å². The number of anilines is 1. The minimum Gasteiger partial charge on any atom is -0.398 e. The molecule has 0 amide bonds. The molecule has 0 radical (unpaired) electrons. The number of nitrogens with two attached hydrogens (primary N) is 1. The van der Waals surface area contributed by atoms with E-state index in [2.05, 4.69) is 35.8 Å². The van der Waals surface area contributed by atoms with Crippen LogP contribution in [0, 0.1) is 5.92 Å². The Morgan fingerprint density at radius 1 is 1.50 bits per heavy atom. The summed E-state index contributed by atoms with van der Waals surface area (Å²) in [5.74, 6) is 1.89. The summed E-state index contributed by atoms with van der Waals surface area (Å²) in [6.45, 7) is 4.48. The van der Waals surface area contributed by atoms with Gasteiger partial charge in [0.1, 0.15) is 0 Å². The fourth-order valence-corrected chi connectivity index (χ4v) is 2.47. The highest BCUT2D eigenvalue weighted by atomic mass is 79.9. The molecule has 0 spiro atoms. The second-order valence-electron chi connectivity index (χ2n) is 3.51. The van der Waals surface area contributed by atoms with Crippen LogP contribution >= 0.6 is 27.7 Å². The molecule has 0 aliphatic heterocycles. The predicted molar refractivity (Wildman–Crippen MR) is 68.7 cm³/mol.